The van der Waals surface area contributed by atoms with Crippen molar-refractivity contribution >= 4 is 12.0 Å². The molecule has 162 valence electrons. The summed E-state index contributed by atoms with van der Waals surface area (Å²) in [4.78, 5) is 25.3. The molecular formula is C24H27N3O4. The molecule has 2 aromatic rings. The molecule has 3 rings (SSSR count). The quantitative estimate of drug-likeness (QED) is 0.707. The molecule has 1 unspecified atom stereocenters. The highest BCUT2D eigenvalue weighted by Crippen LogP contribution is 2.26. The Morgan fingerprint density at radius 3 is 2.65 bits per heavy atom. The summed E-state index contributed by atoms with van der Waals surface area (Å²) in [5.41, 5.74) is 1.54. The van der Waals surface area contributed by atoms with Crippen LogP contribution in [0.5, 0.6) is 5.75 Å². The van der Waals surface area contributed by atoms with Crippen molar-refractivity contribution in [3.05, 3.63) is 65.7 Å². The van der Waals surface area contributed by atoms with Crippen molar-refractivity contribution in [1.29, 1.82) is 5.26 Å². The minimum atomic E-state index is -0.796. The molecule has 7 nitrogen and oxygen atoms in total. The van der Waals surface area contributed by atoms with Gasteiger partial charge in [-0.3, -0.25) is 4.79 Å². The number of nitrogens with one attached hydrogen (secondary N) is 2. The molecule has 0 bridgehead atoms. The molecule has 31 heavy (non-hydrogen) atoms. The van der Waals surface area contributed by atoms with Crippen molar-refractivity contribution in [1.82, 2.24) is 10.6 Å². The first-order valence-electron chi connectivity index (χ1n) is 10.4. The lowest BCUT2D eigenvalue weighted by Crippen LogP contribution is -2.49. The van der Waals surface area contributed by atoms with Crippen molar-refractivity contribution in [2.45, 2.75) is 44.4 Å². The Morgan fingerprint density at radius 1 is 1.13 bits per heavy atom. The van der Waals surface area contributed by atoms with Gasteiger partial charge in [0.05, 0.1) is 19.1 Å². The van der Waals surface area contributed by atoms with Gasteiger partial charge in [0, 0.05) is 6.04 Å². The molecule has 0 saturated heterocycles. The Labute approximate surface area is 182 Å². The number of hydrogen-bond donors (Lipinski definition) is 2. The van der Waals surface area contributed by atoms with Crippen molar-refractivity contribution in [3.8, 4) is 11.8 Å². The number of nitrogens with zero attached hydrogens (tertiary/aromatic N) is 1. The molecule has 0 spiro atoms. The molecule has 3 atom stereocenters. The zero-order valence-corrected chi connectivity index (χ0v) is 17.5. The number of alkyl carbamates (subject to hydrolysis) is 1. The van der Waals surface area contributed by atoms with Crippen LogP contribution in [-0.4, -0.2) is 25.2 Å². The monoisotopic (exact) mass is 421 g/mol. The van der Waals surface area contributed by atoms with Crippen LogP contribution in [0.1, 0.15) is 42.9 Å². The lowest BCUT2D eigenvalue weighted by Gasteiger charge is -2.31. The number of ether oxygens (including phenoxy) is 2. The minimum absolute atomic E-state index is 0.169. The lowest BCUT2D eigenvalue weighted by atomic mass is 9.83. The zero-order valence-electron chi connectivity index (χ0n) is 17.5. The fraction of sp³-hybridized carbons (Fsp3) is 0.375. The third-order valence-electron chi connectivity index (χ3n) is 5.46. The topological polar surface area (TPSA) is 100 Å². The summed E-state index contributed by atoms with van der Waals surface area (Å²) < 4.78 is 10.5. The molecule has 2 aromatic carbocycles. The lowest BCUT2D eigenvalue weighted by molar-refractivity contribution is -0.127. The second-order valence-corrected chi connectivity index (χ2v) is 7.55. The van der Waals surface area contributed by atoms with E-state index in [9.17, 15) is 14.9 Å². The predicted molar refractivity (Wildman–Crippen MR) is 115 cm³/mol. The van der Waals surface area contributed by atoms with Crippen LogP contribution in [0.2, 0.25) is 0 Å². The predicted octanol–water partition coefficient (Wildman–Crippen LogP) is 3.86. The molecule has 0 radical (unpaired) electrons. The molecular weight excluding hydrogens is 394 g/mol. The summed E-state index contributed by atoms with van der Waals surface area (Å²) in [6.07, 6.45) is 2.61. The molecule has 2 N–H and O–H groups in total. The standard InChI is InChI=1S/C24H27N3O4/c1-30-19-11-7-10-18(14-19)22(15-25)26-23(28)20-12-5-6-13-21(20)27-24(29)31-16-17-8-3-2-4-9-17/h2-4,7-11,14,20-22H,5-6,12-13,16H2,1H3,(H,26,28)(H,27,29)/t20-,21-,22?/m1/s1. The maximum absolute atomic E-state index is 13.0. The van der Waals surface area contributed by atoms with E-state index >= 15 is 0 Å². The van der Waals surface area contributed by atoms with E-state index in [0.717, 1.165) is 18.4 Å². The second kappa shape index (κ2) is 11.0. The number of amides is 2. The fourth-order valence-electron chi connectivity index (χ4n) is 3.79. The number of rotatable bonds is 7. The number of carbonyl (C=O) groups is 2. The Hall–Kier alpha value is -3.53. The average Bonchev–Trinajstić information content (AvgIpc) is 2.82. The van der Waals surface area contributed by atoms with Crippen LogP contribution in [0.15, 0.2) is 54.6 Å². The Balaban J connectivity index is 1.60. The SMILES string of the molecule is COc1cccc(C(C#N)NC(=O)[C@@H]2CCCC[C@H]2NC(=O)OCc2ccccc2)c1. The largest absolute Gasteiger partial charge is 0.497 e. The molecule has 7 heteroatoms. The van der Waals surface area contributed by atoms with Crippen LogP contribution in [0.4, 0.5) is 4.79 Å². The van der Waals surface area contributed by atoms with E-state index < -0.39 is 18.1 Å². The highest BCUT2D eigenvalue weighted by molar-refractivity contribution is 5.81. The first-order chi connectivity index (χ1) is 15.1. The summed E-state index contributed by atoms with van der Waals surface area (Å²) in [6.45, 7) is 0.169. The number of benzene rings is 2. The van der Waals surface area contributed by atoms with Gasteiger partial charge in [0.1, 0.15) is 18.4 Å². The van der Waals surface area contributed by atoms with Gasteiger partial charge in [0.15, 0.2) is 0 Å². The normalized spacial score (nSPS) is 18.8. The average molecular weight is 421 g/mol. The van der Waals surface area contributed by atoms with Gasteiger partial charge < -0.3 is 20.1 Å². The summed E-state index contributed by atoms with van der Waals surface area (Å²) >= 11 is 0. The second-order valence-electron chi connectivity index (χ2n) is 7.55. The van der Waals surface area contributed by atoms with E-state index in [0.29, 0.717) is 24.2 Å². The number of hydrogen-bond acceptors (Lipinski definition) is 5. The Bertz CT molecular complexity index is 926. The van der Waals surface area contributed by atoms with Gasteiger partial charge in [-0.05, 0) is 36.1 Å². The minimum Gasteiger partial charge on any atom is -0.497 e. The van der Waals surface area contributed by atoms with Gasteiger partial charge in [-0.1, -0.05) is 55.3 Å². The highest BCUT2D eigenvalue weighted by Gasteiger charge is 2.33. The van der Waals surface area contributed by atoms with E-state index in [1.54, 1.807) is 31.4 Å². The number of nitriles is 1. The summed E-state index contributed by atoms with van der Waals surface area (Å²) in [5, 5.41) is 15.2. The molecule has 0 aromatic heterocycles. The maximum Gasteiger partial charge on any atom is 0.407 e. The van der Waals surface area contributed by atoms with Gasteiger partial charge >= 0.3 is 6.09 Å². The summed E-state index contributed by atoms with van der Waals surface area (Å²) in [7, 11) is 1.55. The molecule has 0 heterocycles. The van der Waals surface area contributed by atoms with Gasteiger partial charge in [0.25, 0.3) is 0 Å². The van der Waals surface area contributed by atoms with Crippen molar-refractivity contribution in [2.75, 3.05) is 7.11 Å². The molecule has 0 aliphatic heterocycles. The molecule has 2 amide bonds. The molecule has 1 saturated carbocycles. The third kappa shape index (κ3) is 6.22. The van der Waals surface area contributed by atoms with Crippen LogP contribution in [-0.2, 0) is 16.1 Å². The fourth-order valence-corrected chi connectivity index (χ4v) is 3.79. The smallest absolute Gasteiger partial charge is 0.407 e. The van der Waals surface area contributed by atoms with Crippen molar-refractivity contribution in [3.63, 3.8) is 0 Å². The maximum atomic E-state index is 13.0. The summed E-state index contributed by atoms with van der Waals surface area (Å²) in [6, 6.07) is 17.5. The molecule has 1 aliphatic rings. The summed E-state index contributed by atoms with van der Waals surface area (Å²) in [5.74, 6) is -0.0488. The van der Waals surface area contributed by atoms with E-state index in [1.807, 2.05) is 30.3 Å². The number of carbonyl (C=O) groups excluding carboxylic acids is 2. The van der Waals surface area contributed by atoms with Crippen LogP contribution in [0.25, 0.3) is 0 Å². The van der Waals surface area contributed by atoms with Gasteiger partial charge in [-0.2, -0.15) is 5.26 Å². The molecule has 1 fully saturated rings. The van der Waals surface area contributed by atoms with E-state index in [4.69, 9.17) is 9.47 Å². The van der Waals surface area contributed by atoms with Gasteiger partial charge in [0.2, 0.25) is 5.91 Å². The van der Waals surface area contributed by atoms with Crippen LogP contribution in [0, 0.1) is 17.2 Å². The van der Waals surface area contributed by atoms with E-state index in [2.05, 4.69) is 16.7 Å². The van der Waals surface area contributed by atoms with Crippen LogP contribution in [0.3, 0.4) is 0 Å². The van der Waals surface area contributed by atoms with Crippen molar-refractivity contribution < 1.29 is 19.1 Å². The number of methoxy groups -OCH3 is 1. The van der Waals surface area contributed by atoms with Crippen molar-refractivity contribution in [2.24, 2.45) is 5.92 Å². The zero-order chi connectivity index (χ0) is 22.1. The highest BCUT2D eigenvalue weighted by atomic mass is 16.5. The van der Waals surface area contributed by atoms with Crippen LogP contribution >= 0.6 is 0 Å². The van der Waals surface area contributed by atoms with Gasteiger partial charge in [-0.15, -0.1) is 0 Å². The Kier molecular flexibility index (Phi) is 7.88. The first kappa shape index (κ1) is 22.2. The van der Waals surface area contributed by atoms with E-state index in [-0.39, 0.29) is 18.6 Å². The third-order valence-corrected chi connectivity index (χ3v) is 5.46. The molecule has 1 aliphatic carbocycles. The van der Waals surface area contributed by atoms with Gasteiger partial charge in [-0.25, -0.2) is 4.79 Å². The Morgan fingerprint density at radius 2 is 1.90 bits per heavy atom. The van der Waals surface area contributed by atoms with Crippen LogP contribution < -0.4 is 15.4 Å². The van der Waals surface area contributed by atoms with E-state index in [1.165, 1.54) is 0 Å². The first-order valence-corrected chi connectivity index (χ1v) is 10.4.